The third-order valence-electron chi connectivity index (χ3n) is 4.13. The molecule has 3 heterocycles. The average Bonchev–Trinajstić information content (AvgIpc) is 3.29. The maximum absolute atomic E-state index is 13.0. The van der Waals surface area contributed by atoms with Crippen LogP contribution in [0, 0.1) is 6.92 Å². The third kappa shape index (κ3) is 5.20. The topological polar surface area (TPSA) is 102 Å². The van der Waals surface area contributed by atoms with Crippen molar-refractivity contribution >= 4 is 40.6 Å². The minimum Gasteiger partial charge on any atom is -0.343 e. The molecule has 8 nitrogen and oxygen atoms in total. The number of carbonyl (C=O) groups excluding carboxylic acids is 2. The van der Waals surface area contributed by atoms with Crippen molar-refractivity contribution in [3.63, 3.8) is 0 Å². The molecule has 0 unspecified atom stereocenters. The smallest absolute Gasteiger partial charge is 0.343 e. The Bertz CT molecular complexity index is 1140. The first-order valence-electron chi connectivity index (χ1n) is 8.76. The van der Waals surface area contributed by atoms with E-state index in [2.05, 4.69) is 25.7 Å². The average molecular weight is 473 g/mol. The van der Waals surface area contributed by atoms with E-state index in [4.69, 9.17) is 11.6 Å². The standard InChI is InChI=1S/C18H16ClF3N6O2S/c1-8-10(7-28(3)27-8)15(29)25-9(2)17-24-6-13(31-17)16(30)26-14-4-11(18(20,21)22)12(19)5-23-14/h4-7,9H,1-3H3,(H,25,29)(H,23,26,30)/t9-/m1/s1. The molecule has 31 heavy (non-hydrogen) atoms. The summed E-state index contributed by atoms with van der Waals surface area (Å²) >= 11 is 6.52. The van der Waals surface area contributed by atoms with Gasteiger partial charge in [0.1, 0.15) is 15.7 Å². The molecule has 3 aromatic rings. The van der Waals surface area contributed by atoms with Gasteiger partial charge in [-0.25, -0.2) is 9.97 Å². The molecule has 0 spiro atoms. The number of anilines is 1. The van der Waals surface area contributed by atoms with Gasteiger partial charge >= 0.3 is 6.18 Å². The zero-order valence-electron chi connectivity index (χ0n) is 16.4. The second-order valence-corrected chi connectivity index (χ2v) is 8.03. The number of alkyl halides is 3. The summed E-state index contributed by atoms with van der Waals surface area (Å²) in [7, 11) is 1.70. The Morgan fingerprint density at radius 2 is 1.94 bits per heavy atom. The molecule has 0 saturated carbocycles. The van der Waals surface area contributed by atoms with Gasteiger partial charge < -0.3 is 10.6 Å². The lowest BCUT2D eigenvalue weighted by molar-refractivity contribution is -0.137. The summed E-state index contributed by atoms with van der Waals surface area (Å²) < 4.78 is 40.4. The number of hydrogen-bond acceptors (Lipinski definition) is 6. The Hall–Kier alpha value is -2.99. The summed E-state index contributed by atoms with van der Waals surface area (Å²) in [4.78, 5) is 32.8. The summed E-state index contributed by atoms with van der Waals surface area (Å²) in [5, 5.41) is 9.05. The number of halogens is 4. The molecule has 0 aromatic carbocycles. The second-order valence-electron chi connectivity index (χ2n) is 6.56. The first kappa shape index (κ1) is 22.7. The van der Waals surface area contributed by atoms with Gasteiger partial charge in [0.25, 0.3) is 11.8 Å². The van der Waals surface area contributed by atoms with Crippen molar-refractivity contribution in [3.8, 4) is 0 Å². The van der Waals surface area contributed by atoms with Crippen molar-refractivity contribution in [3.05, 3.63) is 56.4 Å². The molecular weight excluding hydrogens is 457 g/mol. The van der Waals surface area contributed by atoms with E-state index < -0.39 is 28.7 Å². The highest BCUT2D eigenvalue weighted by Gasteiger charge is 2.34. The number of aryl methyl sites for hydroxylation is 2. The van der Waals surface area contributed by atoms with Crippen LogP contribution in [0.1, 0.15) is 49.3 Å². The summed E-state index contributed by atoms with van der Waals surface area (Å²) in [5.41, 5.74) is -0.121. The van der Waals surface area contributed by atoms with E-state index in [1.807, 2.05) is 0 Å². The van der Waals surface area contributed by atoms with Crippen LogP contribution in [0.4, 0.5) is 19.0 Å². The van der Waals surface area contributed by atoms with Crippen LogP contribution in [-0.2, 0) is 13.2 Å². The lowest BCUT2D eigenvalue weighted by atomic mass is 10.2. The normalized spacial score (nSPS) is 12.5. The largest absolute Gasteiger partial charge is 0.418 e. The molecule has 2 N–H and O–H groups in total. The summed E-state index contributed by atoms with van der Waals surface area (Å²) in [6.07, 6.45) is -1.01. The molecule has 0 fully saturated rings. The molecule has 13 heteroatoms. The summed E-state index contributed by atoms with van der Waals surface area (Å²) in [6.45, 7) is 3.40. The highest BCUT2D eigenvalue weighted by Crippen LogP contribution is 2.35. The van der Waals surface area contributed by atoms with E-state index in [0.29, 0.717) is 22.3 Å². The van der Waals surface area contributed by atoms with E-state index in [0.717, 1.165) is 17.5 Å². The minimum atomic E-state index is -4.68. The van der Waals surface area contributed by atoms with Gasteiger partial charge in [0.05, 0.1) is 34.1 Å². The van der Waals surface area contributed by atoms with Crippen LogP contribution in [0.5, 0.6) is 0 Å². The van der Waals surface area contributed by atoms with E-state index in [-0.39, 0.29) is 16.6 Å². The molecule has 164 valence electrons. The number of amides is 2. The number of nitrogens with one attached hydrogen (secondary N) is 2. The summed E-state index contributed by atoms with van der Waals surface area (Å²) in [5.74, 6) is -1.33. The Kier molecular flexibility index (Phi) is 6.32. The quantitative estimate of drug-likeness (QED) is 0.584. The van der Waals surface area contributed by atoms with E-state index in [1.54, 1.807) is 27.1 Å². The molecular formula is C18H16ClF3N6O2S. The summed E-state index contributed by atoms with van der Waals surface area (Å²) in [6, 6.07) is 0.144. The fourth-order valence-corrected chi connectivity index (χ4v) is 3.68. The van der Waals surface area contributed by atoms with Gasteiger partial charge in [-0.05, 0) is 19.9 Å². The van der Waals surface area contributed by atoms with Crippen LogP contribution in [0.3, 0.4) is 0 Å². The monoisotopic (exact) mass is 472 g/mol. The number of hydrogen-bond donors (Lipinski definition) is 2. The lowest BCUT2D eigenvalue weighted by Crippen LogP contribution is -2.26. The first-order chi connectivity index (χ1) is 14.5. The van der Waals surface area contributed by atoms with Crippen molar-refractivity contribution in [1.82, 2.24) is 25.1 Å². The molecule has 0 aliphatic rings. The predicted molar refractivity (Wildman–Crippen MR) is 108 cm³/mol. The maximum atomic E-state index is 13.0. The van der Waals surface area contributed by atoms with Crippen LogP contribution < -0.4 is 10.6 Å². The number of pyridine rings is 1. The highest BCUT2D eigenvalue weighted by atomic mass is 35.5. The van der Waals surface area contributed by atoms with Crippen molar-refractivity contribution in [2.24, 2.45) is 7.05 Å². The van der Waals surface area contributed by atoms with Crippen molar-refractivity contribution in [2.75, 3.05) is 5.32 Å². The van der Waals surface area contributed by atoms with E-state index in [9.17, 15) is 22.8 Å². The minimum absolute atomic E-state index is 0.138. The van der Waals surface area contributed by atoms with Crippen LogP contribution in [0.15, 0.2) is 24.7 Å². The molecule has 0 bridgehead atoms. The molecule has 1 atom stereocenters. The van der Waals surface area contributed by atoms with Gasteiger partial charge in [0.15, 0.2) is 0 Å². The Morgan fingerprint density at radius 1 is 1.23 bits per heavy atom. The molecule has 2 amide bonds. The van der Waals surface area contributed by atoms with Crippen molar-refractivity contribution in [1.29, 1.82) is 0 Å². The van der Waals surface area contributed by atoms with Crippen LogP contribution in [-0.4, -0.2) is 31.6 Å². The lowest BCUT2D eigenvalue weighted by Gasteiger charge is -2.11. The zero-order chi connectivity index (χ0) is 22.9. The number of nitrogens with zero attached hydrogens (tertiary/aromatic N) is 4. The highest BCUT2D eigenvalue weighted by molar-refractivity contribution is 7.13. The number of thiazole rings is 1. The van der Waals surface area contributed by atoms with Gasteiger partial charge in [0.2, 0.25) is 0 Å². The number of aromatic nitrogens is 4. The van der Waals surface area contributed by atoms with Crippen LogP contribution >= 0.6 is 22.9 Å². The molecule has 3 rings (SSSR count). The molecule has 0 aliphatic heterocycles. The van der Waals surface area contributed by atoms with Gasteiger partial charge in [-0.1, -0.05) is 11.6 Å². The molecule has 3 aromatic heterocycles. The Morgan fingerprint density at radius 3 is 2.55 bits per heavy atom. The maximum Gasteiger partial charge on any atom is 0.418 e. The second kappa shape index (κ2) is 8.63. The van der Waals surface area contributed by atoms with E-state index in [1.165, 1.54) is 10.9 Å². The Labute approximate surface area is 183 Å². The Balaban J connectivity index is 1.69. The van der Waals surface area contributed by atoms with Crippen molar-refractivity contribution < 1.29 is 22.8 Å². The zero-order valence-corrected chi connectivity index (χ0v) is 18.0. The fraction of sp³-hybridized carbons (Fsp3) is 0.278. The van der Waals surface area contributed by atoms with Gasteiger partial charge in [0, 0.05) is 19.4 Å². The van der Waals surface area contributed by atoms with Crippen LogP contribution in [0.2, 0.25) is 5.02 Å². The van der Waals surface area contributed by atoms with Crippen molar-refractivity contribution in [2.45, 2.75) is 26.1 Å². The van der Waals surface area contributed by atoms with Gasteiger partial charge in [-0.15, -0.1) is 11.3 Å². The molecule has 0 aliphatic carbocycles. The van der Waals surface area contributed by atoms with E-state index >= 15 is 0 Å². The molecule has 0 radical (unpaired) electrons. The van der Waals surface area contributed by atoms with Gasteiger partial charge in [-0.2, -0.15) is 18.3 Å². The number of carbonyl (C=O) groups is 2. The fourth-order valence-electron chi connectivity index (χ4n) is 2.65. The molecule has 0 saturated heterocycles. The number of rotatable bonds is 5. The first-order valence-corrected chi connectivity index (χ1v) is 9.96. The van der Waals surface area contributed by atoms with Gasteiger partial charge in [-0.3, -0.25) is 14.3 Å². The predicted octanol–water partition coefficient (Wildman–Crippen LogP) is 4.00. The third-order valence-corrected chi connectivity index (χ3v) is 5.61. The SMILES string of the molecule is Cc1nn(C)cc1C(=O)N[C@H](C)c1ncc(C(=O)Nc2cc(C(F)(F)F)c(Cl)cn2)s1. The van der Waals surface area contributed by atoms with Crippen LogP contribution in [0.25, 0.3) is 0 Å².